The fourth-order valence-corrected chi connectivity index (χ4v) is 17.6. The van der Waals surface area contributed by atoms with Gasteiger partial charge in [-0.1, -0.05) is 218 Å². The molecule has 0 saturated carbocycles. The van der Waals surface area contributed by atoms with Crippen LogP contribution in [0.25, 0.3) is 116 Å². The monoisotopic (exact) mass is 885 g/mol. The van der Waals surface area contributed by atoms with Crippen LogP contribution in [-0.2, 0) is 0 Å². The molecule has 0 saturated heterocycles. The zero-order valence-corrected chi connectivity index (χ0v) is 38.9. The average Bonchev–Trinajstić information content (AvgIpc) is 3.62. The Labute approximate surface area is 397 Å². The third-order valence-corrected chi connectivity index (χ3v) is 20.7. The third kappa shape index (κ3) is 5.71. The van der Waals surface area contributed by atoms with E-state index in [4.69, 9.17) is 0 Å². The van der Waals surface area contributed by atoms with Crippen LogP contribution < -0.4 is 0 Å². The van der Waals surface area contributed by atoms with Crippen molar-refractivity contribution < 1.29 is 0 Å². The molecule has 2 heteroatoms. The maximum atomic E-state index is 2.57. The molecule has 2 aliphatic heterocycles. The number of aromatic nitrogens is 1. The molecule has 0 unspecified atom stereocenters. The minimum absolute atomic E-state index is 1.21. The molecule has 0 amide bonds. The Morgan fingerprint density at radius 2 is 0.721 bits per heavy atom. The molecule has 0 aliphatic carbocycles. The van der Waals surface area contributed by atoms with Gasteiger partial charge in [-0.3, -0.25) is 0 Å². The Morgan fingerprint density at radius 3 is 1.28 bits per heavy atom. The van der Waals surface area contributed by atoms with Crippen LogP contribution in [0.4, 0.5) is 0 Å². The summed E-state index contributed by atoms with van der Waals surface area (Å²) >= 11 is 0. The van der Waals surface area contributed by atoms with E-state index in [9.17, 15) is 0 Å². The van der Waals surface area contributed by atoms with E-state index in [-0.39, 0.29) is 0 Å². The van der Waals surface area contributed by atoms with Crippen LogP contribution in [0.3, 0.4) is 0 Å². The largest absolute Gasteiger partial charge is 0.315 e. The van der Waals surface area contributed by atoms with Crippen molar-refractivity contribution in [2.24, 2.45) is 0 Å². The summed E-state index contributed by atoms with van der Waals surface area (Å²) in [5.41, 5.74) is 20.1. The van der Waals surface area contributed by atoms with Gasteiger partial charge in [0.2, 0.25) is 0 Å². The molecule has 68 heavy (non-hydrogen) atoms. The summed E-state index contributed by atoms with van der Waals surface area (Å²) in [6.45, 7) is 0. The second-order valence-electron chi connectivity index (χ2n) is 19.5. The molecule has 2 aliphatic rings. The van der Waals surface area contributed by atoms with Gasteiger partial charge in [0.25, 0.3) is 0 Å². The predicted molar refractivity (Wildman–Crippen MR) is 292 cm³/mol. The van der Waals surface area contributed by atoms with Gasteiger partial charge in [-0.05, 0) is 129 Å². The van der Waals surface area contributed by atoms with Crippen molar-refractivity contribution >= 4 is 41.6 Å². The van der Waals surface area contributed by atoms with Crippen LogP contribution in [0.15, 0.2) is 257 Å². The minimum atomic E-state index is -2.37. The van der Waals surface area contributed by atoms with Gasteiger partial charge < -0.3 is 4.57 Å². The first kappa shape index (κ1) is 39.0. The Morgan fingerprint density at radius 1 is 0.294 bits per heavy atom. The topological polar surface area (TPSA) is 4.93 Å². The summed E-state index contributed by atoms with van der Waals surface area (Å²) in [7, 11) is -2.37. The Balaban J connectivity index is 0.828. The maximum Gasteiger partial charge on any atom is 0.0578 e. The van der Waals surface area contributed by atoms with Gasteiger partial charge >= 0.3 is 0 Å². The lowest BCUT2D eigenvalue weighted by atomic mass is 9.94. The number of nitrogens with zero attached hydrogens (tertiary/aromatic N) is 1. The van der Waals surface area contributed by atoms with E-state index in [0.717, 1.165) is 0 Å². The zero-order valence-electron chi connectivity index (χ0n) is 38.0. The molecule has 12 aromatic rings. The summed E-state index contributed by atoms with van der Waals surface area (Å²) in [5, 5.41) is 6.35. The molecule has 0 radical (unpaired) electrons. The lowest BCUT2D eigenvalue weighted by molar-refractivity contribution is 1.07. The van der Waals surface area contributed by atoms with E-state index >= 15 is 0 Å². The summed E-state index contributed by atoms with van der Waals surface area (Å²) in [4.78, 5) is 4.72. The highest BCUT2D eigenvalue weighted by atomic mass is 32.3. The number of fused-ring (bicyclic) bond motifs is 7. The number of thiol groups is 1. The fourth-order valence-electron chi connectivity index (χ4n) is 11.9. The lowest BCUT2D eigenvalue weighted by Gasteiger charge is -2.36. The molecule has 1 nitrogen and oxygen atoms in total. The normalized spacial score (nSPS) is 14.4. The van der Waals surface area contributed by atoms with E-state index in [1.54, 1.807) is 14.7 Å². The van der Waals surface area contributed by atoms with Crippen molar-refractivity contribution in [2.45, 2.75) is 14.7 Å². The number of benzene rings is 11. The zero-order chi connectivity index (χ0) is 45.2. The van der Waals surface area contributed by atoms with Crippen LogP contribution in [-0.4, -0.2) is 17.1 Å². The summed E-state index contributed by atoms with van der Waals surface area (Å²) in [6, 6.07) is 87.8. The van der Waals surface area contributed by atoms with E-state index < -0.39 is 9.16 Å². The molecule has 0 fully saturated rings. The van der Waals surface area contributed by atoms with Crippen LogP contribution in [0.2, 0.25) is 0 Å². The molecular weight excluding hydrogens is 839 g/mol. The standard InChI is InChI=1S/C66H47NS/c1-68(2)64-20-8-7-17-58(64)59-38-40-63(66(68)65(59)68)67-42-61(52-35-29-46(30-36-52)45-27-33-51(34-28-45)57-19-10-14-49-12-4-6-16-55(49)57)60-41-53(37-39-62(60)67)47-23-21-43(22-24-47)44-25-31-50(32-26-44)56-18-9-13-48-11-3-5-15-54(48)56/h3-42,68H,1-2H3. The molecular formula is C66H47NS. The Kier molecular flexibility index (Phi) is 8.28. The van der Waals surface area contributed by atoms with Crippen LogP contribution in [0.1, 0.15) is 0 Å². The second kappa shape index (κ2) is 14.4. The Hall–Kier alpha value is -8.17. The summed E-state index contributed by atoms with van der Waals surface area (Å²) in [6.07, 6.45) is 7.54. The van der Waals surface area contributed by atoms with Crippen molar-refractivity contribution in [3.63, 3.8) is 0 Å². The van der Waals surface area contributed by atoms with Gasteiger partial charge in [0.05, 0.1) is 11.2 Å². The van der Waals surface area contributed by atoms with Crippen molar-refractivity contribution in [1.29, 1.82) is 0 Å². The van der Waals surface area contributed by atoms with Gasteiger partial charge in [-0.2, -0.15) is 0 Å². The quantitative estimate of drug-likeness (QED) is 0.120. The van der Waals surface area contributed by atoms with Crippen LogP contribution in [0, 0.1) is 0 Å². The van der Waals surface area contributed by atoms with Crippen molar-refractivity contribution in [2.75, 3.05) is 12.5 Å². The van der Waals surface area contributed by atoms with Crippen LogP contribution >= 0.6 is 9.16 Å². The van der Waals surface area contributed by atoms with E-state index in [1.807, 2.05) is 0 Å². The number of rotatable bonds is 7. The second-order valence-corrected chi connectivity index (χ2v) is 25.1. The third-order valence-electron chi connectivity index (χ3n) is 15.5. The van der Waals surface area contributed by atoms with Crippen molar-refractivity contribution in [1.82, 2.24) is 4.57 Å². The molecule has 0 bridgehead atoms. The van der Waals surface area contributed by atoms with Gasteiger partial charge in [0.15, 0.2) is 0 Å². The first-order valence-electron chi connectivity index (χ1n) is 23.7. The molecule has 0 spiro atoms. The predicted octanol–water partition coefficient (Wildman–Crippen LogP) is 18.0. The number of hydrogen-bond acceptors (Lipinski definition) is 0. The van der Waals surface area contributed by atoms with Gasteiger partial charge in [-0.15, -0.1) is 0 Å². The van der Waals surface area contributed by atoms with E-state index in [0.29, 0.717) is 0 Å². The molecule has 0 N–H and O–H groups in total. The Bertz CT molecular complexity index is 4010. The fraction of sp³-hybridized carbons (Fsp3) is 0.0303. The first-order chi connectivity index (χ1) is 33.4. The summed E-state index contributed by atoms with van der Waals surface area (Å²) < 4.78 is 2.50. The SMILES string of the molecule is C[SH]12(C)c3ccccc3-c3ccc(-n4cc(-c5ccc(-c6ccc(-c7cccc8ccccc78)cc6)cc5)c5cc(-c6ccc(-c7ccc(-c8cccc9ccccc89)cc7)cc6)ccc54)c1c32. The van der Waals surface area contributed by atoms with Crippen molar-refractivity contribution in [3.05, 3.63) is 243 Å². The molecule has 0 atom stereocenters. The summed E-state index contributed by atoms with van der Waals surface area (Å²) in [5.74, 6) is 0. The first-order valence-corrected chi connectivity index (χ1v) is 26.8. The smallest absolute Gasteiger partial charge is 0.0578 e. The molecule has 14 rings (SSSR count). The average molecular weight is 886 g/mol. The van der Waals surface area contributed by atoms with Gasteiger partial charge in [0, 0.05) is 26.9 Å². The molecule has 3 heterocycles. The van der Waals surface area contributed by atoms with Gasteiger partial charge in [0.1, 0.15) is 0 Å². The molecule has 322 valence electrons. The highest BCUT2D eigenvalue weighted by Crippen LogP contribution is 3.01. The van der Waals surface area contributed by atoms with E-state index in [2.05, 4.69) is 260 Å². The number of hydrogen-bond donors (Lipinski definition) is 1. The highest BCUT2D eigenvalue weighted by molar-refractivity contribution is 8.53. The molecule has 11 aromatic carbocycles. The lowest BCUT2D eigenvalue weighted by Crippen LogP contribution is -2.01. The van der Waals surface area contributed by atoms with Crippen molar-refractivity contribution in [3.8, 4) is 83.6 Å². The maximum absolute atomic E-state index is 2.57. The van der Waals surface area contributed by atoms with E-state index in [1.165, 1.54) is 116 Å². The highest BCUT2D eigenvalue weighted by Gasteiger charge is 2.61. The molecule has 1 aromatic heterocycles. The minimum Gasteiger partial charge on any atom is -0.315 e. The van der Waals surface area contributed by atoms with Crippen LogP contribution in [0.5, 0.6) is 0 Å². The van der Waals surface area contributed by atoms with Gasteiger partial charge in [-0.25, -0.2) is 9.16 Å².